The molecule has 1 aliphatic carbocycles. The lowest BCUT2D eigenvalue weighted by Gasteiger charge is -2.29. The maximum absolute atomic E-state index is 15.6. The van der Waals surface area contributed by atoms with Crippen molar-refractivity contribution in [3.8, 4) is 0 Å². The van der Waals surface area contributed by atoms with E-state index < -0.39 is 23.3 Å². The Morgan fingerprint density at radius 1 is 1.28 bits per heavy atom. The quantitative estimate of drug-likeness (QED) is 0.614. The number of fused-ring (bicyclic) bond motifs is 3. The van der Waals surface area contributed by atoms with E-state index in [1.165, 1.54) is 17.0 Å². The normalized spacial score (nSPS) is 21.7. The van der Waals surface area contributed by atoms with Gasteiger partial charge in [-0.3, -0.25) is 14.2 Å². The lowest BCUT2D eigenvalue weighted by molar-refractivity contribution is 0.0786. The number of anilines is 3. The first-order chi connectivity index (χ1) is 13.9. The van der Waals surface area contributed by atoms with Crippen molar-refractivity contribution in [3.63, 3.8) is 0 Å². The number of nitrogen functional groups attached to an aromatic ring is 1. The van der Waals surface area contributed by atoms with Crippen LogP contribution in [0.1, 0.15) is 33.4 Å². The second-order valence-corrected chi connectivity index (χ2v) is 7.30. The lowest BCUT2D eigenvalue weighted by Crippen LogP contribution is -2.49. The van der Waals surface area contributed by atoms with Crippen LogP contribution in [-0.2, 0) is 12.1 Å². The van der Waals surface area contributed by atoms with Crippen LogP contribution in [0.15, 0.2) is 47.5 Å². The number of carbonyl (C=O) groups is 1. The molecule has 146 valence electrons. The van der Waals surface area contributed by atoms with Crippen LogP contribution in [0.25, 0.3) is 0 Å². The van der Waals surface area contributed by atoms with Crippen LogP contribution in [0.4, 0.5) is 21.7 Å². The van der Waals surface area contributed by atoms with Gasteiger partial charge in [-0.25, -0.2) is 14.4 Å². The third-order valence-electron chi connectivity index (χ3n) is 5.49. The largest absolute Gasteiger partial charge is 0.384 e. The number of benzene rings is 1. The minimum Gasteiger partial charge on any atom is -0.384 e. The molecule has 8 nitrogen and oxygen atoms in total. The molecule has 0 radical (unpaired) electrons. The van der Waals surface area contributed by atoms with Crippen LogP contribution < -0.4 is 21.9 Å². The number of amides is 1. The van der Waals surface area contributed by atoms with Gasteiger partial charge in [-0.2, -0.15) is 0 Å². The Labute approximate surface area is 164 Å². The van der Waals surface area contributed by atoms with E-state index in [1.54, 1.807) is 25.1 Å². The standard InChI is InChI=1S/C20H17FN6O2/c1-10-6-13(25-15-7-14(22)23-9-24-15)19(29)27-16(10)18(28)26-20(27)8-11-4-2-3-5-12(11)17(20)21/h2-7,9,17H,8H2,1H3,(H,26,28)(H3,22,23,24,25)/t17-,20?/m0/s1. The number of nitrogens with one attached hydrogen (secondary N) is 2. The highest BCUT2D eigenvalue weighted by Crippen LogP contribution is 2.47. The van der Waals surface area contributed by atoms with E-state index in [4.69, 9.17) is 5.73 Å². The third-order valence-corrected chi connectivity index (χ3v) is 5.49. The molecule has 3 heterocycles. The Morgan fingerprint density at radius 2 is 2.07 bits per heavy atom. The Morgan fingerprint density at radius 3 is 2.83 bits per heavy atom. The molecule has 29 heavy (non-hydrogen) atoms. The number of hydrogen-bond acceptors (Lipinski definition) is 6. The molecule has 0 bridgehead atoms. The maximum Gasteiger partial charge on any atom is 0.276 e. The lowest BCUT2D eigenvalue weighted by atomic mass is 10.1. The molecule has 0 fully saturated rings. The fourth-order valence-electron chi connectivity index (χ4n) is 4.27. The van der Waals surface area contributed by atoms with Crippen LogP contribution >= 0.6 is 0 Å². The summed E-state index contributed by atoms with van der Waals surface area (Å²) >= 11 is 0. The molecule has 0 saturated heterocycles. The number of halogens is 1. The number of pyridine rings is 1. The first-order valence-corrected chi connectivity index (χ1v) is 9.07. The van der Waals surface area contributed by atoms with E-state index in [9.17, 15) is 9.59 Å². The van der Waals surface area contributed by atoms with Gasteiger partial charge in [0.05, 0.1) is 0 Å². The van der Waals surface area contributed by atoms with Crippen molar-refractivity contribution in [2.75, 3.05) is 11.1 Å². The van der Waals surface area contributed by atoms with Crippen LogP contribution in [0.2, 0.25) is 0 Å². The minimum absolute atomic E-state index is 0.165. The summed E-state index contributed by atoms with van der Waals surface area (Å²) in [5.74, 6) is 0.101. The van der Waals surface area contributed by atoms with Crippen LogP contribution in [0.5, 0.6) is 0 Å². The smallest absolute Gasteiger partial charge is 0.276 e. The summed E-state index contributed by atoms with van der Waals surface area (Å²) in [6, 6.07) is 10.1. The molecule has 1 aromatic carbocycles. The molecule has 4 N–H and O–H groups in total. The minimum atomic E-state index is -1.55. The van der Waals surface area contributed by atoms with Crippen molar-refractivity contribution in [3.05, 3.63) is 75.5 Å². The molecule has 2 aliphatic rings. The van der Waals surface area contributed by atoms with Crippen molar-refractivity contribution in [1.29, 1.82) is 0 Å². The van der Waals surface area contributed by atoms with Crippen LogP contribution in [-0.4, -0.2) is 20.4 Å². The van der Waals surface area contributed by atoms with Gasteiger partial charge in [0.1, 0.15) is 29.3 Å². The van der Waals surface area contributed by atoms with Gasteiger partial charge < -0.3 is 16.4 Å². The Hall–Kier alpha value is -3.75. The molecule has 5 rings (SSSR count). The summed E-state index contributed by atoms with van der Waals surface area (Å²) in [5.41, 5.74) is 5.79. The molecule has 9 heteroatoms. The van der Waals surface area contributed by atoms with Gasteiger partial charge in [0.15, 0.2) is 11.8 Å². The monoisotopic (exact) mass is 392 g/mol. The molecular formula is C20H17FN6O2. The van der Waals surface area contributed by atoms with E-state index in [1.807, 2.05) is 12.1 Å². The van der Waals surface area contributed by atoms with Crippen molar-refractivity contribution in [2.45, 2.75) is 25.2 Å². The average molecular weight is 392 g/mol. The number of aromatic nitrogens is 3. The molecule has 1 spiro atoms. The van der Waals surface area contributed by atoms with Gasteiger partial charge in [-0.1, -0.05) is 24.3 Å². The fraction of sp³-hybridized carbons (Fsp3) is 0.200. The zero-order chi connectivity index (χ0) is 20.3. The van der Waals surface area contributed by atoms with E-state index >= 15 is 4.39 Å². The van der Waals surface area contributed by atoms with E-state index in [0.29, 0.717) is 16.9 Å². The molecule has 1 aliphatic heterocycles. The number of nitrogens with zero attached hydrogens (tertiary/aromatic N) is 3. The zero-order valence-electron chi connectivity index (χ0n) is 15.4. The van der Waals surface area contributed by atoms with Crippen LogP contribution in [0.3, 0.4) is 0 Å². The number of nitrogens with two attached hydrogens (primary N) is 1. The van der Waals surface area contributed by atoms with Crippen LogP contribution in [0, 0.1) is 6.92 Å². The summed E-state index contributed by atoms with van der Waals surface area (Å²) in [7, 11) is 0. The van der Waals surface area contributed by atoms with Crippen molar-refractivity contribution in [1.82, 2.24) is 19.9 Å². The number of aryl methyl sites for hydroxylation is 1. The summed E-state index contributed by atoms with van der Waals surface area (Å²) < 4.78 is 16.9. The van der Waals surface area contributed by atoms with Crippen molar-refractivity contribution in [2.24, 2.45) is 0 Å². The highest BCUT2D eigenvalue weighted by atomic mass is 19.1. The highest BCUT2D eigenvalue weighted by Gasteiger charge is 2.55. The summed E-state index contributed by atoms with van der Waals surface area (Å²) in [6.07, 6.45) is -0.0921. The Balaban J connectivity index is 1.69. The molecule has 2 aromatic heterocycles. The van der Waals surface area contributed by atoms with E-state index in [0.717, 1.165) is 5.56 Å². The topological polar surface area (TPSA) is 115 Å². The fourth-order valence-corrected chi connectivity index (χ4v) is 4.27. The average Bonchev–Trinajstić information content (AvgIpc) is 3.14. The Bertz CT molecular complexity index is 1240. The second kappa shape index (κ2) is 5.87. The predicted octanol–water partition coefficient (Wildman–Crippen LogP) is 1.94. The van der Waals surface area contributed by atoms with Gasteiger partial charge in [0.25, 0.3) is 11.5 Å². The van der Waals surface area contributed by atoms with Gasteiger partial charge in [-0.15, -0.1) is 0 Å². The second-order valence-electron chi connectivity index (χ2n) is 7.30. The first kappa shape index (κ1) is 17.4. The third kappa shape index (κ3) is 2.36. The summed E-state index contributed by atoms with van der Waals surface area (Å²) in [6.45, 7) is 1.71. The SMILES string of the molecule is Cc1cc(Nc2cc(N)ncn2)c(=O)n2c1C(=O)NC21Cc2ccccc2[C@@H]1F. The zero-order valence-corrected chi connectivity index (χ0v) is 15.4. The van der Waals surface area contributed by atoms with Gasteiger partial charge in [0, 0.05) is 12.5 Å². The van der Waals surface area contributed by atoms with Gasteiger partial charge >= 0.3 is 0 Å². The van der Waals surface area contributed by atoms with Gasteiger partial charge in [0.2, 0.25) is 0 Å². The van der Waals surface area contributed by atoms with E-state index in [2.05, 4.69) is 20.6 Å². The molecule has 0 saturated carbocycles. The number of hydrogen-bond donors (Lipinski definition) is 3. The first-order valence-electron chi connectivity index (χ1n) is 9.07. The summed E-state index contributed by atoms with van der Waals surface area (Å²) in [5, 5.41) is 5.66. The van der Waals surface area contributed by atoms with Crippen molar-refractivity contribution < 1.29 is 9.18 Å². The number of rotatable bonds is 2. The highest BCUT2D eigenvalue weighted by molar-refractivity contribution is 5.97. The van der Waals surface area contributed by atoms with Crippen molar-refractivity contribution >= 4 is 23.2 Å². The predicted molar refractivity (Wildman–Crippen MR) is 105 cm³/mol. The van der Waals surface area contributed by atoms with Gasteiger partial charge in [-0.05, 0) is 29.7 Å². The summed E-state index contributed by atoms with van der Waals surface area (Å²) in [4.78, 5) is 34.0. The number of alkyl halides is 1. The molecule has 3 aromatic rings. The number of carbonyl (C=O) groups excluding carboxylic acids is 1. The molecule has 2 atom stereocenters. The molecule has 1 unspecified atom stereocenters. The molecular weight excluding hydrogens is 375 g/mol. The van der Waals surface area contributed by atoms with E-state index in [-0.39, 0.29) is 23.6 Å². The Kier molecular flexibility index (Phi) is 3.51. The maximum atomic E-state index is 15.6. The molecule has 1 amide bonds.